The molecule has 1 atom stereocenters. The molecule has 0 radical (unpaired) electrons. The molecule has 0 aromatic carbocycles. The molecule has 1 aliphatic rings. The third-order valence-electron chi connectivity index (χ3n) is 2.61. The van der Waals surface area contributed by atoms with E-state index in [0.29, 0.717) is 0 Å². The fourth-order valence-electron chi connectivity index (χ4n) is 1.80. The Kier molecular flexibility index (Phi) is 3.76. The first kappa shape index (κ1) is 11.8. The molecule has 1 saturated heterocycles. The number of aryl methyl sites for hydroxylation is 1. The van der Waals surface area contributed by atoms with E-state index in [1.807, 2.05) is 6.07 Å². The van der Waals surface area contributed by atoms with Crippen LogP contribution >= 0.6 is 15.9 Å². The molecule has 1 aromatic rings. The number of rotatable bonds is 2. The van der Waals surface area contributed by atoms with E-state index < -0.39 is 0 Å². The summed E-state index contributed by atoms with van der Waals surface area (Å²) in [6.45, 7) is 6.71. The number of anilines is 1. The van der Waals surface area contributed by atoms with Gasteiger partial charge in [-0.05, 0) is 22.9 Å². The number of halogens is 1. The monoisotopic (exact) mass is 285 g/mol. The Morgan fingerprint density at radius 1 is 1.56 bits per heavy atom. The maximum Gasteiger partial charge on any atom is 0.133 e. The van der Waals surface area contributed by atoms with Crippen molar-refractivity contribution in [2.24, 2.45) is 0 Å². The molecule has 4 nitrogen and oxygen atoms in total. The van der Waals surface area contributed by atoms with Crippen molar-refractivity contribution in [1.29, 1.82) is 0 Å². The first-order valence-electron chi connectivity index (χ1n) is 5.59. The smallest absolute Gasteiger partial charge is 0.133 e. The van der Waals surface area contributed by atoms with Crippen molar-refractivity contribution in [3.63, 3.8) is 0 Å². The van der Waals surface area contributed by atoms with Gasteiger partial charge in [0.05, 0.1) is 12.7 Å². The molecule has 0 bridgehead atoms. The van der Waals surface area contributed by atoms with E-state index in [4.69, 9.17) is 4.74 Å². The van der Waals surface area contributed by atoms with Crippen molar-refractivity contribution in [3.05, 3.63) is 16.5 Å². The molecular weight excluding hydrogens is 270 g/mol. The average Bonchev–Trinajstić information content (AvgIpc) is 2.28. The predicted molar refractivity (Wildman–Crippen MR) is 66.7 cm³/mol. The van der Waals surface area contributed by atoms with Crippen LogP contribution in [0.1, 0.15) is 19.7 Å². The molecule has 1 unspecified atom stereocenters. The van der Waals surface area contributed by atoms with Crippen molar-refractivity contribution < 1.29 is 4.74 Å². The highest BCUT2D eigenvalue weighted by atomic mass is 79.9. The van der Waals surface area contributed by atoms with Crippen LogP contribution in [0.15, 0.2) is 10.7 Å². The number of hydrogen-bond acceptors (Lipinski definition) is 4. The number of hydrogen-bond donors (Lipinski definition) is 0. The van der Waals surface area contributed by atoms with Crippen molar-refractivity contribution in [3.8, 4) is 0 Å². The third-order valence-corrected chi connectivity index (χ3v) is 3.02. The Balaban J connectivity index is 2.21. The molecule has 1 fully saturated rings. The van der Waals surface area contributed by atoms with Gasteiger partial charge in [0.25, 0.3) is 0 Å². The topological polar surface area (TPSA) is 38.2 Å². The van der Waals surface area contributed by atoms with Gasteiger partial charge in [0.2, 0.25) is 0 Å². The van der Waals surface area contributed by atoms with Crippen molar-refractivity contribution in [2.45, 2.75) is 26.4 Å². The van der Waals surface area contributed by atoms with Gasteiger partial charge in [-0.15, -0.1) is 0 Å². The Hall–Kier alpha value is -0.680. The maximum atomic E-state index is 5.52. The summed E-state index contributed by atoms with van der Waals surface area (Å²) in [5.41, 5.74) is 0. The van der Waals surface area contributed by atoms with E-state index >= 15 is 0 Å². The zero-order valence-corrected chi connectivity index (χ0v) is 11.2. The average molecular weight is 286 g/mol. The van der Waals surface area contributed by atoms with Gasteiger partial charge < -0.3 is 9.64 Å². The molecule has 5 heteroatoms. The van der Waals surface area contributed by atoms with Crippen LogP contribution in [0.2, 0.25) is 0 Å². The Morgan fingerprint density at radius 2 is 2.38 bits per heavy atom. The molecule has 0 saturated carbocycles. The minimum Gasteiger partial charge on any atom is -0.375 e. The number of ether oxygens (including phenoxy) is 1. The van der Waals surface area contributed by atoms with Gasteiger partial charge in [-0.2, -0.15) is 0 Å². The fraction of sp³-hybridized carbons (Fsp3) is 0.636. The largest absolute Gasteiger partial charge is 0.375 e. The summed E-state index contributed by atoms with van der Waals surface area (Å²) in [6, 6.07) is 1.97. The normalized spacial score (nSPS) is 21.2. The molecule has 0 amide bonds. The molecule has 16 heavy (non-hydrogen) atoms. The predicted octanol–water partition coefficient (Wildman–Crippen LogP) is 2.03. The first-order valence-corrected chi connectivity index (χ1v) is 6.38. The fourth-order valence-corrected chi connectivity index (χ4v) is 2.21. The molecule has 1 aromatic heterocycles. The zero-order valence-electron chi connectivity index (χ0n) is 9.61. The molecule has 0 aliphatic carbocycles. The number of morpholine rings is 1. The quantitative estimate of drug-likeness (QED) is 0.780. The van der Waals surface area contributed by atoms with Gasteiger partial charge >= 0.3 is 0 Å². The summed E-state index contributed by atoms with van der Waals surface area (Å²) in [6.07, 6.45) is 1.12. The lowest BCUT2D eigenvalue weighted by Crippen LogP contribution is -2.41. The summed E-state index contributed by atoms with van der Waals surface area (Å²) in [4.78, 5) is 11.1. The van der Waals surface area contributed by atoms with Crippen LogP contribution in [0.25, 0.3) is 0 Å². The molecule has 88 valence electrons. The van der Waals surface area contributed by atoms with E-state index in [-0.39, 0.29) is 6.10 Å². The highest BCUT2D eigenvalue weighted by molar-refractivity contribution is 9.10. The summed E-state index contributed by atoms with van der Waals surface area (Å²) in [7, 11) is 0. The van der Waals surface area contributed by atoms with Gasteiger partial charge in [0, 0.05) is 25.6 Å². The third kappa shape index (κ3) is 2.71. The van der Waals surface area contributed by atoms with Gasteiger partial charge in [0.15, 0.2) is 0 Å². The van der Waals surface area contributed by atoms with E-state index in [0.717, 1.165) is 42.4 Å². The van der Waals surface area contributed by atoms with E-state index in [1.165, 1.54) is 0 Å². The minimum atomic E-state index is 0.271. The molecule has 2 heterocycles. The molecule has 0 N–H and O–H groups in total. The molecule has 0 spiro atoms. The lowest BCUT2D eigenvalue weighted by atomic mass is 10.3. The van der Waals surface area contributed by atoms with Crippen molar-refractivity contribution >= 4 is 21.7 Å². The molecule has 1 aliphatic heterocycles. The lowest BCUT2D eigenvalue weighted by Gasteiger charge is -2.32. The van der Waals surface area contributed by atoms with Gasteiger partial charge in [0.1, 0.15) is 16.2 Å². The van der Waals surface area contributed by atoms with Crippen LogP contribution in [0.5, 0.6) is 0 Å². The SMILES string of the molecule is CCc1nc(Br)cc(N2CCOC(C)C2)n1. The Labute approximate surface area is 104 Å². The first-order chi connectivity index (χ1) is 7.69. The summed E-state index contributed by atoms with van der Waals surface area (Å²) < 4.78 is 6.37. The Morgan fingerprint density at radius 3 is 3.06 bits per heavy atom. The van der Waals surface area contributed by atoms with Crippen LogP contribution in [0.4, 0.5) is 5.82 Å². The number of nitrogens with zero attached hydrogens (tertiary/aromatic N) is 3. The van der Waals surface area contributed by atoms with Crippen LogP contribution < -0.4 is 4.90 Å². The van der Waals surface area contributed by atoms with Gasteiger partial charge in [-0.25, -0.2) is 9.97 Å². The maximum absolute atomic E-state index is 5.52. The summed E-state index contributed by atoms with van der Waals surface area (Å²) >= 11 is 3.43. The van der Waals surface area contributed by atoms with E-state index in [2.05, 4.69) is 44.6 Å². The van der Waals surface area contributed by atoms with Crippen LogP contribution in [0, 0.1) is 0 Å². The zero-order chi connectivity index (χ0) is 11.5. The van der Waals surface area contributed by atoms with E-state index in [1.54, 1.807) is 0 Å². The second-order valence-electron chi connectivity index (χ2n) is 3.95. The second-order valence-corrected chi connectivity index (χ2v) is 4.76. The minimum absolute atomic E-state index is 0.271. The van der Waals surface area contributed by atoms with Crippen LogP contribution in [0.3, 0.4) is 0 Å². The standard InChI is InChI=1S/C11H16BrN3O/c1-3-10-13-9(12)6-11(14-10)15-4-5-16-8(2)7-15/h6,8H,3-5,7H2,1-2H3. The highest BCUT2D eigenvalue weighted by Gasteiger charge is 2.18. The van der Waals surface area contributed by atoms with Gasteiger partial charge in [-0.3, -0.25) is 0 Å². The Bertz CT molecular complexity index is 372. The van der Waals surface area contributed by atoms with E-state index in [9.17, 15) is 0 Å². The summed E-state index contributed by atoms with van der Waals surface area (Å²) in [5, 5.41) is 0. The molecule has 2 rings (SSSR count). The molecular formula is C11H16BrN3O. The van der Waals surface area contributed by atoms with Crippen molar-refractivity contribution in [1.82, 2.24) is 9.97 Å². The van der Waals surface area contributed by atoms with Crippen LogP contribution in [-0.2, 0) is 11.2 Å². The van der Waals surface area contributed by atoms with Crippen LogP contribution in [-0.4, -0.2) is 35.8 Å². The highest BCUT2D eigenvalue weighted by Crippen LogP contribution is 2.19. The number of aromatic nitrogens is 2. The second kappa shape index (κ2) is 5.10. The van der Waals surface area contributed by atoms with Crippen molar-refractivity contribution in [2.75, 3.05) is 24.6 Å². The van der Waals surface area contributed by atoms with Gasteiger partial charge in [-0.1, -0.05) is 6.92 Å². The summed E-state index contributed by atoms with van der Waals surface area (Å²) in [5.74, 6) is 1.87. The lowest BCUT2D eigenvalue weighted by molar-refractivity contribution is 0.0529.